The van der Waals surface area contributed by atoms with Crippen LogP contribution in [-0.4, -0.2) is 23.9 Å². The Hall–Kier alpha value is -1.84. The molecule has 0 spiro atoms. The average molecular weight is 288 g/mol. The molecule has 1 aliphatic rings. The van der Waals surface area contributed by atoms with Crippen LogP contribution < -0.4 is 10.2 Å². The summed E-state index contributed by atoms with van der Waals surface area (Å²) in [6.45, 7) is 7.80. The molecular formula is C17H24N2O2. The lowest BCUT2D eigenvalue weighted by Gasteiger charge is -2.39. The number of carbonyl (C=O) groups is 2. The Labute approximate surface area is 126 Å². The van der Waals surface area contributed by atoms with E-state index in [1.165, 1.54) is 0 Å². The highest BCUT2D eigenvalue weighted by Gasteiger charge is 2.40. The molecule has 1 aliphatic heterocycles. The standard InChI is InChI=1S/C17H24N2O2/c1-5-8-13-9-6-7-10-14(13)19-12(4)16(20)18-15(11(2)3)17(19)21/h6-7,9-12,15H,5,8H2,1-4H3,(H,18,20). The molecule has 1 heterocycles. The lowest BCUT2D eigenvalue weighted by Crippen LogP contribution is -2.64. The third kappa shape index (κ3) is 2.94. The number of hydrogen-bond acceptors (Lipinski definition) is 2. The molecule has 1 fully saturated rings. The van der Waals surface area contributed by atoms with Crippen LogP contribution >= 0.6 is 0 Å². The highest BCUT2D eigenvalue weighted by Crippen LogP contribution is 2.27. The Kier molecular flexibility index (Phi) is 4.66. The van der Waals surface area contributed by atoms with E-state index >= 15 is 0 Å². The summed E-state index contributed by atoms with van der Waals surface area (Å²) in [5.74, 6) is -0.0185. The van der Waals surface area contributed by atoms with Gasteiger partial charge >= 0.3 is 0 Å². The summed E-state index contributed by atoms with van der Waals surface area (Å²) in [5, 5.41) is 2.84. The second-order valence-electron chi connectivity index (χ2n) is 5.99. The van der Waals surface area contributed by atoms with E-state index in [1.807, 2.05) is 38.1 Å². The highest BCUT2D eigenvalue weighted by molar-refractivity contribution is 6.08. The monoisotopic (exact) mass is 288 g/mol. The van der Waals surface area contributed by atoms with Crippen molar-refractivity contribution in [3.63, 3.8) is 0 Å². The molecule has 0 radical (unpaired) electrons. The first kappa shape index (κ1) is 15.5. The fourth-order valence-corrected chi connectivity index (χ4v) is 2.80. The molecule has 2 rings (SSSR count). The summed E-state index contributed by atoms with van der Waals surface area (Å²) in [6.07, 6.45) is 1.91. The molecule has 2 unspecified atom stereocenters. The molecular weight excluding hydrogens is 264 g/mol. The third-order valence-electron chi connectivity index (χ3n) is 4.01. The number of anilines is 1. The fraction of sp³-hybridized carbons (Fsp3) is 0.529. The van der Waals surface area contributed by atoms with Crippen LogP contribution in [-0.2, 0) is 16.0 Å². The van der Waals surface area contributed by atoms with Crippen LogP contribution in [0.15, 0.2) is 24.3 Å². The van der Waals surface area contributed by atoms with Gasteiger partial charge in [-0.3, -0.25) is 14.5 Å². The molecule has 1 aromatic rings. The fourth-order valence-electron chi connectivity index (χ4n) is 2.80. The Balaban J connectivity index is 2.44. The normalized spacial score (nSPS) is 22.6. The minimum atomic E-state index is -0.467. The van der Waals surface area contributed by atoms with E-state index < -0.39 is 12.1 Å². The van der Waals surface area contributed by atoms with E-state index in [0.29, 0.717) is 0 Å². The predicted molar refractivity (Wildman–Crippen MR) is 84.2 cm³/mol. The van der Waals surface area contributed by atoms with Gasteiger partial charge in [0.1, 0.15) is 12.1 Å². The maximum atomic E-state index is 12.8. The molecule has 0 bridgehead atoms. The molecule has 2 atom stereocenters. The van der Waals surface area contributed by atoms with Crippen LogP contribution in [0.4, 0.5) is 5.69 Å². The van der Waals surface area contributed by atoms with Crippen LogP contribution in [0.25, 0.3) is 0 Å². The third-order valence-corrected chi connectivity index (χ3v) is 4.01. The smallest absolute Gasteiger partial charge is 0.250 e. The first-order chi connectivity index (χ1) is 9.97. The van der Waals surface area contributed by atoms with Crippen molar-refractivity contribution in [3.05, 3.63) is 29.8 Å². The van der Waals surface area contributed by atoms with Gasteiger partial charge in [0, 0.05) is 5.69 Å². The van der Waals surface area contributed by atoms with Crippen LogP contribution in [0.5, 0.6) is 0 Å². The van der Waals surface area contributed by atoms with Gasteiger partial charge in [-0.2, -0.15) is 0 Å². The molecule has 1 aromatic carbocycles. The molecule has 2 amide bonds. The van der Waals surface area contributed by atoms with Crippen molar-refractivity contribution in [3.8, 4) is 0 Å². The minimum Gasteiger partial charge on any atom is -0.342 e. The number of aryl methyl sites for hydroxylation is 1. The van der Waals surface area contributed by atoms with Crippen molar-refractivity contribution in [1.29, 1.82) is 0 Å². The van der Waals surface area contributed by atoms with Crippen LogP contribution in [0, 0.1) is 5.92 Å². The minimum absolute atomic E-state index is 0.0133. The summed E-state index contributed by atoms with van der Waals surface area (Å²) in [4.78, 5) is 26.7. The van der Waals surface area contributed by atoms with E-state index in [-0.39, 0.29) is 17.7 Å². The molecule has 114 valence electrons. The van der Waals surface area contributed by atoms with E-state index in [2.05, 4.69) is 12.2 Å². The number of nitrogens with one attached hydrogen (secondary N) is 1. The van der Waals surface area contributed by atoms with E-state index in [4.69, 9.17) is 0 Å². The van der Waals surface area contributed by atoms with Gasteiger partial charge in [0.25, 0.3) is 5.91 Å². The molecule has 1 N–H and O–H groups in total. The average Bonchev–Trinajstić information content (AvgIpc) is 2.45. The van der Waals surface area contributed by atoms with Gasteiger partial charge in [-0.05, 0) is 30.9 Å². The zero-order valence-corrected chi connectivity index (χ0v) is 13.2. The Bertz CT molecular complexity index is 539. The number of rotatable bonds is 4. The largest absolute Gasteiger partial charge is 0.342 e. The molecule has 0 aliphatic carbocycles. The van der Waals surface area contributed by atoms with Gasteiger partial charge in [-0.1, -0.05) is 45.4 Å². The quantitative estimate of drug-likeness (QED) is 0.925. The van der Waals surface area contributed by atoms with E-state index in [0.717, 1.165) is 24.1 Å². The number of piperazine rings is 1. The highest BCUT2D eigenvalue weighted by atomic mass is 16.2. The summed E-state index contributed by atoms with van der Waals surface area (Å²) in [7, 11) is 0. The zero-order chi connectivity index (χ0) is 15.6. The van der Waals surface area contributed by atoms with Crippen molar-refractivity contribution < 1.29 is 9.59 Å². The topological polar surface area (TPSA) is 49.4 Å². The van der Waals surface area contributed by atoms with Gasteiger partial charge in [-0.15, -0.1) is 0 Å². The molecule has 1 saturated heterocycles. The van der Waals surface area contributed by atoms with Crippen molar-refractivity contribution in [2.45, 2.75) is 52.6 Å². The molecule has 4 heteroatoms. The number of benzene rings is 1. The van der Waals surface area contributed by atoms with Gasteiger partial charge < -0.3 is 5.32 Å². The van der Waals surface area contributed by atoms with Crippen molar-refractivity contribution in [2.75, 3.05) is 4.90 Å². The van der Waals surface area contributed by atoms with E-state index in [1.54, 1.807) is 11.8 Å². The van der Waals surface area contributed by atoms with Crippen molar-refractivity contribution in [1.82, 2.24) is 5.32 Å². The van der Waals surface area contributed by atoms with E-state index in [9.17, 15) is 9.59 Å². The first-order valence-corrected chi connectivity index (χ1v) is 7.68. The maximum absolute atomic E-state index is 12.8. The number of hydrogen-bond donors (Lipinski definition) is 1. The van der Waals surface area contributed by atoms with Gasteiger partial charge in [0.2, 0.25) is 5.91 Å². The van der Waals surface area contributed by atoms with Crippen molar-refractivity contribution in [2.24, 2.45) is 5.92 Å². The van der Waals surface area contributed by atoms with Crippen molar-refractivity contribution >= 4 is 17.5 Å². The zero-order valence-electron chi connectivity index (χ0n) is 13.2. The molecule has 0 saturated carbocycles. The number of para-hydroxylation sites is 1. The number of nitrogens with zero attached hydrogens (tertiary/aromatic N) is 1. The summed E-state index contributed by atoms with van der Waals surface area (Å²) < 4.78 is 0. The van der Waals surface area contributed by atoms with Crippen LogP contribution in [0.3, 0.4) is 0 Å². The Morgan fingerprint density at radius 1 is 1.24 bits per heavy atom. The Morgan fingerprint density at radius 2 is 1.90 bits per heavy atom. The van der Waals surface area contributed by atoms with Gasteiger partial charge in [0.15, 0.2) is 0 Å². The maximum Gasteiger partial charge on any atom is 0.250 e. The van der Waals surface area contributed by atoms with Crippen LogP contribution in [0.1, 0.15) is 39.7 Å². The Morgan fingerprint density at radius 3 is 2.52 bits per heavy atom. The summed E-state index contributed by atoms with van der Waals surface area (Å²) in [5.41, 5.74) is 2.00. The lowest BCUT2D eigenvalue weighted by atomic mass is 9.96. The summed E-state index contributed by atoms with van der Waals surface area (Å²) in [6, 6.07) is 6.97. The predicted octanol–water partition coefficient (Wildman–Crippen LogP) is 2.52. The summed E-state index contributed by atoms with van der Waals surface area (Å²) >= 11 is 0. The lowest BCUT2D eigenvalue weighted by molar-refractivity contribution is -0.134. The molecule has 21 heavy (non-hydrogen) atoms. The molecule has 4 nitrogen and oxygen atoms in total. The van der Waals surface area contributed by atoms with Crippen LogP contribution in [0.2, 0.25) is 0 Å². The SMILES string of the molecule is CCCc1ccccc1N1C(=O)C(C(C)C)NC(=O)C1C. The molecule has 0 aromatic heterocycles. The second-order valence-corrected chi connectivity index (χ2v) is 5.99. The number of amides is 2. The van der Waals surface area contributed by atoms with Gasteiger partial charge in [0.05, 0.1) is 0 Å². The first-order valence-electron chi connectivity index (χ1n) is 7.68. The second kappa shape index (κ2) is 6.29. The van der Waals surface area contributed by atoms with Gasteiger partial charge in [-0.25, -0.2) is 0 Å². The number of carbonyl (C=O) groups excluding carboxylic acids is 2.